The zero-order valence-electron chi connectivity index (χ0n) is 14.5. The summed E-state index contributed by atoms with van der Waals surface area (Å²) in [6, 6.07) is 9.78. The van der Waals surface area contributed by atoms with E-state index in [2.05, 4.69) is 36.1 Å². The second kappa shape index (κ2) is 7.60. The van der Waals surface area contributed by atoms with Gasteiger partial charge >= 0.3 is 0 Å². The lowest BCUT2D eigenvalue weighted by Gasteiger charge is -2.33. The van der Waals surface area contributed by atoms with Gasteiger partial charge in [-0.1, -0.05) is 0 Å². The molecule has 0 saturated carbocycles. The van der Waals surface area contributed by atoms with E-state index in [-0.39, 0.29) is 17.6 Å². The number of halogens is 2. The van der Waals surface area contributed by atoms with E-state index >= 15 is 0 Å². The number of piperidine rings is 1. The van der Waals surface area contributed by atoms with Crippen LogP contribution in [0, 0.1) is 11.7 Å². The van der Waals surface area contributed by atoms with Crippen molar-refractivity contribution in [2.45, 2.75) is 12.8 Å². The second-order valence-electron chi connectivity index (χ2n) is 6.61. The van der Waals surface area contributed by atoms with Crippen LogP contribution in [0.25, 0.3) is 11.0 Å². The van der Waals surface area contributed by atoms with Crippen LogP contribution in [0.15, 0.2) is 53.3 Å². The molecule has 3 heterocycles. The number of carbonyl (C=O) groups excluding carboxylic acids is 1. The summed E-state index contributed by atoms with van der Waals surface area (Å²) < 4.78 is 13.9. The number of anilines is 2. The number of benzene rings is 1. The SMILES string of the molecule is O=C(Nc1ccc(F)cc1)C1CCN(c2ccnc3cc(Br)cnc23)CC1. The second-order valence-corrected chi connectivity index (χ2v) is 7.52. The molecule has 1 aromatic carbocycles. The zero-order chi connectivity index (χ0) is 18.8. The number of aromatic nitrogens is 2. The third kappa shape index (κ3) is 3.93. The minimum Gasteiger partial charge on any atom is -0.370 e. The molecule has 1 saturated heterocycles. The highest BCUT2D eigenvalue weighted by Gasteiger charge is 2.26. The standard InChI is InChI=1S/C20H18BrFN4O/c21-14-11-17-19(24-12-14)18(5-8-23-17)26-9-6-13(7-10-26)20(27)25-16-3-1-15(22)2-4-16/h1-5,8,11-13H,6-7,9-10H2,(H,25,27). The van der Waals surface area contributed by atoms with E-state index in [0.717, 1.165) is 47.1 Å². The van der Waals surface area contributed by atoms with Gasteiger partial charge in [0.15, 0.2) is 0 Å². The van der Waals surface area contributed by atoms with Crippen LogP contribution in [-0.4, -0.2) is 29.0 Å². The van der Waals surface area contributed by atoms with Crippen molar-refractivity contribution in [3.05, 3.63) is 59.1 Å². The number of carbonyl (C=O) groups is 1. The van der Waals surface area contributed by atoms with E-state index in [9.17, 15) is 9.18 Å². The van der Waals surface area contributed by atoms with Gasteiger partial charge in [0.1, 0.15) is 11.3 Å². The first-order valence-electron chi connectivity index (χ1n) is 8.82. The van der Waals surface area contributed by atoms with Crippen molar-refractivity contribution in [1.29, 1.82) is 0 Å². The normalized spacial score (nSPS) is 15.1. The fraction of sp³-hybridized carbons (Fsp3) is 0.250. The topological polar surface area (TPSA) is 58.1 Å². The number of hydrogen-bond donors (Lipinski definition) is 1. The Bertz CT molecular complexity index is 971. The van der Waals surface area contributed by atoms with Gasteiger partial charge in [0, 0.05) is 41.6 Å². The molecule has 1 N–H and O–H groups in total. The maximum Gasteiger partial charge on any atom is 0.227 e. The molecule has 0 spiro atoms. The van der Waals surface area contributed by atoms with Crippen LogP contribution in [0.2, 0.25) is 0 Å². The van der Waals surface area contributed by atoms with Crippen molar-refractivity contribution in [2.24, 2.45) is 5.92 Å². The molecule has 0 aliphatic carbocycles. The van der Waals surface area contributed by atoms with Crippen molar-refractivity contribution in [2.75, 3.05) is 23.3 Å². The Kier molecular flexibility index (Phi) is 5.03. The van der Waals surface area contributed by atoms with E-state index < -0.39 is 0 Å². The van der Waals surface area contributed by atoms with Crippen LogP contribution in [0.3, 0.4) is 0 Å². The van der Waals surface area contributed by atoms with E-state index in [0.29, 0.717) is 5.69 Å². The molecule has 138 valence electrons. The molecule has 2 aromatic heterocycles. The molecule has 1 amide bonds. The Morgan fingerprint density at radius 3 is 2.63 bits per heavy atom. The van der Waals surface area contributed by atoms with E-state index in [1.807, 2.05) is 12.1 Å². The largest absolute Gasteiger partial charge is 0.370 e. The molecule has 5 nitrogen and oxygen atoms in total. The van der Waals surface area contributed by atoms with Crippen molar-refractivity contribution in [1.82, 2.24) is 9.97 Å². The van der Waals surface area contributed by atoms with E-state index in [1.165, 1.54) is 12.1 Å². The number of pyridine rings is 2. The molecule has 3 aromatic rings. The lowest BCUT2D eigenvalue weighted by molar-refractivity contribution is -0.120. The van der Waals surface area contributed by atoms with Gasteiger partial charge in [-0.05, 0) is 65.2 Å². The van der Waals surface area contributed by atoms with Crippen LogP contribution in [0.5, 0.6) is 0 Å². The maximum atomic E-state index is 13.0. The highest BCUT2D eigenvalue weighted by molar-refractivity contribution is 9.10. The first-order valence-corrected chi connectivity index (χ1v) is 9.61. The zero-order valence-corrected chi connectivity index (χ0v) is 16.1. The average Bonchev–Trinajstić information content (AvgIpc) is 2.69. The molecule has 0 bridgehead atoms. The predicted molar refractivity (Wildman–Crippen MR) is 107 cm³/mol. The van der Waals surface area contributed by atoms with Gasteiger partial charge in [0.2, 0.25) is 5.91 Å². The minimum atomic E-state index is -0.313. The Morgan fingerprint density at radius 1 is 1.15 bits per heavy atom. The summed E-state index contributed by atoms with van der Waals surface area (Å²) in [7, 11) is 0. The Balaban J connectivity index is 1.43. The first kappa shape index (κ1) is 17.9. The molecule has 7 heteroatoms. The summed E-state index contributed by atoms with van der Waals surface area (Å²) >= 11 is 3.43. The molecule has 1 aliphatic rings. The molecule has 0 atom stereocenters. The maximum absolute atomic E-state index is 13.0. The van der Waals surface area contributed by atoms with Crippen LogP contribution in [0.4, 0.5) is 15.8 Å². The highest BCUT2D eigenvalue weighted by atomic mass is 79.9. The van der Waals surface area contributed by atoms with E-state index in [1.54, 1.807) is 24.5 Å². The number of nitrogens with one attached hydrogen (secondary N) is 1. The average molecular weight is 429 g/mol. The van der Waals surface area contributed by atoms with Gasteiger partial charge < -0.3 is 10.2 Å². The molecular formula is C20H18BrFN4O. The number of amides is 1. The van der Waals surface area contributed by atoms with E-state index in [4.69, 9.17) is 0 Å². The Morgan fingerprint density at radius 2 is 1.89 bits per heavy atom. The molecule has 27 heavy (non-hydrogen) atoms. The van der Waals surface area contributed by atoms with Gasteiger partial charge in [0.05, 0.1) is 11.2 Å². The Labute approximate surface area is 164 Å². The number of rotatable bonds is 3. The van der Waals surface area contributed by atoms with Crippen LogP contribution in [-0.2, 0) is 4.79 Å². The smallest absolute Gasteiger partial charge is 0.227 e. The lowest BCUT2D eigenvalue weighted by atomic mass is 9.95. The van der Waals surface area contributed by atoms with Crippen LogP contribution in [0.1, 0.15) is 12.8 Å². The van der Waals surface area contributed by atoms with Gasteiger partial charge in [-0.25, -0.2) is 4.39 Å². The number of fused-ring (bicyclic) bond motifs is 1. The Hall–Kier alpha value is -2.54. The monoisotopic (exact) mass is 428 g/mol. The highest BCUT2D eigenvalue weighted by Crippen LogP contribution is 2.29. The molecular weight excluding hydrogens is 411 g/mol. The summed E-state index contributed by atoms with van der Waals surface area (Å²) in [5, 5.41) is 2.88. The summed E-state index contributed by atoms with van der Waals surface area (Å²) in [5.74, 6) is -0.379. The fourth-order valence-electron chi connectivity index (χ4n) is 3.41. The molecule has 1 fully saturated rings. The van der Waals surface area contributed by atoms with Crippen molar-refractivity contribution in [3.63, 3.8) is 0 Å². The van der Waals surface area contributed by atoms with Crippen LogP contribution >= 0.6 is 15.9 Å². The predicted octanol–water partition coefficient (Wildman–Crippen LogP) is 4.39. The van der Waals surface area contributed by atoms with Gasteiger partial charge in [0.25, 0.3) is 0 Å². The molecule has 0 unspecified atom stereocenters. The molecule has 1 aliphatic heterocycles. The van der Waals surface area contributed by atoms with Crippen molar-refractivity contribution >= 4 is 44.2 Å². The van der Waals surface area contributed by atoms with Gasteiger partial charge in [-0.3, -0.25) is 14.8 Å². The first-order chi connectivity index (χ1) is 13.1. The van der Waals surface area contributed by atoms with Gasteiger partial charge in [-0.2, -0.15) is 0 Å². The minimum absolute atomic E-state index is 0.0112. The fourth-order valence-corrected chi connectivity index (χ4v) is 3.73. The summed E-state index contributed by atoms with van der Waals surface area (Å²) in [4.78, 5) is 23.6. The molecule has 4 rings (SSSR count). The number of hydrogen-bond acceptors (Lipinski definition) is 4. The summed E-state index contributed by atoms with van der Waals surface area (Å²) in [6.07, 6.45) is 5.08. The van der Waals surface area contributed by atoms with Crippen LogP contribution < -0.4 is 10.2 Å². The molecule has 0 radical (unpaired) electrons. The third-order valence-electron chi connectivity index (χ3n) is 4.84. The quantitative estimate of drug-likeness (QED) is 0.671. The van der Waals surface area contributed by atoms with Crippen molar-refractivity contribution < 1.29 is 9.18 Å². The van der Waals surface area contributed by atoms with Gasteiger partial charge in [-0.15, -0.1) is 0 Å². The number of nitrogens with zero attached hydrogens (tertiary/aromatic N) is 3. The third-order valence-corrected chi connectivity index (χ3v) is 5.27. The van der Waals surface area contributed by atoms with Crippen molar-refractivity contribution in [3.8, 4) is 0 Å². The lowest BCUT2D eigenvalue weighted by Crippen LogP contribution is -2.38. The summed E-state index contributed by atoms with van der Waals surface area (Å²) in [5.41, 5.74) is 3.39. The summed E-state index contributed by atoms with van der Waals surface area (Å²) in [6.45, 7) is 1.55.